The van der Waals surface area contributed by atoms with Gasteiger partial charge in [0.15, 0.2) is 0 Å². The van der Waals surface area contributed by atoms with Crippen LogP contribution in [0.15, 0.2) is 191 Å². The topological polar surface area (TPSA) is 71.0 Å². The second-order valence-corrected chi connectivity index (χ2v) is 30.3. The first-order valence-corrected chi connectivity index (χ1v) is 31.8. The Morgan fingerprint density at radius 2 is 0.878 bits per heavy atom. The highest BCUT2D eigenvalue weighted by atomic mass is 31.1. The summed E-state index contributed by atoms with van der Waals surface area (Å²) in [7, 11) is -4.09. The van der Waals surface area contributed by atoms with Crippen molar-refractivity contribution in [2.24, 2.45) is 28.6 Å². The van der Waals surface area contributed by atoms with Crippen LogP contribution in [0.25, 0.3) is 87.0 Å². The molecule has 1 spiro atoms. The van der Waals surface area contributed by atoms with Crippen molar-refractivity contribution >= 4 is 103 Å². The van der Waals surface area contributed by atoms with Crippen molar-refractivity contribution in [3.8, 4) is 5.75 Å². The molecule has 8 heteroatoms. The van der Waals surface area contributed by atoms with E-state index >= 15 is 0 Å². The van der Waals surface area contributed by atoms with E-state index in [-0.39, 0.29) is 27.6 Å². The summed E-state index contributed by atoms with van der Waals surface area (Å²) in [5, 5.41) is 13.2. The van der Waals surface area contributed by atoms with Crippen LogP contribution in [0.1, 0.15) is 118 Å². The van der Waals surface area contributed by atoms with Crippen LogP contribution in [-0.2, 0) is 22.7 Å². The molecule has 0 aliphatic heterocycles. The summed E-state index contributed by atoms with van der Waals surface area (Å²) in [4.78, 5) is 0. The van der Waals surface area contributed by atoms with E-state index in [2.05, 4.69) is 241 Å². The van der Waals surface area contributed by atoms with Crippen LogP contribution in [0.2, 0.25) is 0 Å². The predicted octanol–water partition coefficient (Wildman–Crippen LogP) is 22.2. The Hall–Kier alpha value is -6.94. The molecule has 0 bridgehead atoms. The van der Waals surface area contributed by atoms with Crippen LogP contribution in [0.4, 0.5) is 0 Å². The zero-order valence-electron chi connectivity index (χ0n) is 49.3. The Kier molecular flexibility index (Phi) is 11.4. The average Bonchev–Trinajstić information content (AvgIpc) is 1.84. The largest absolute Gasteiger partial charge is 0.453 e. The summed E-state index contributed by atoms with van der Waals surface area (Å²) in [5.41, 5.74) is 11.3. The highest BCUT2D eigenvalue weighted by Gasteiger charge is 2.70. The van der Waals surface area contributed by atoms with Crippen LogP contribution < -0.4 is 9.05 Å². The Morgan fingerprint density at radius 1 is 0.463 bits per heavy atom. The fraction of sp³-hybridized carbons (Fsp3) is 0.324. The molecule has 0 N–H and O–H groups in total. The van der Waals surface area contributed by atoms with E-state index in [4.69, 9.17) is 25.8 Å². The molecule has 11 aromatic rings. The van der Waals surface area contributed by atoms with Gasteiger partial charge in [-0.3, -0.25) is 4.52 Å². The van der Waals surface area contributed by atoms with Crippen LogP contribution in [0.5, 0.6) is 5.75 Å². The summed E-state index contributed by atoms with van der Waals surface area (Å²) >= 11 is 0. The van der Waals surface area contributed by atoms with Crippen LogP contribution >= 0.6 is 16.5 Å². The monoisotopic (exact) mass is 1120 g/mol. The maximum Gasteiger partial charge on any atom is 0.453 e. The molecule has 82 heavy (non-hydrogen) atoms. The van der Waals surface area contributed by atoms with E-state index in [1.165, 1.54) is 39.0 Å². The first-order chi connectivity index (χ1) is 39.2. The van der Waals surface area contributed by atoms with Crippen molar-refractivity contribution in [3.05, 3.63) is 197 Å². The highest BCUT2D eigenvalue weighted by Crippen LogP contribution is 2.75. The molecule has 2 heterocycles. The van der Waals surface area contributed by atoms with Crippen molar-refractivity contribution in [1.29, 1.82) is 0 Å². The molecule has 15 rings (SSSR count). The van der Waals surface area contributed by atoms with Crippen molar-refractivity contribution in [2.45, 2.75) is 125 Å². The molecule has 4 aliphatic carbocycles. The zero-order chi connectivity index (χ0) is 56.6. The molecule has 5 atom stereocenters. The quantitative estimate of drug-likeness (QED) is 0.175. The Morgan fingerprint density at radius 3 is 1.29 bits per heavy atom. The first-order valence-electron chi connectivity index (χ1n) is 29.6. The lowest BCUT2D eigenvalue weighted by Crippen LogP contribution is -2.54. The Labute approximate surface area is 482 Å². The minimum Gasteiger partial charge on any atom is -0.399 e. The van der Waals surface area contributed by atoms with E-state index in [1.807, 2.05) is 0 Å². The maximum absolute atomic E-state index is 8.02. The van der Waals surface area contributed by atoms with E-state index in [9.17, 15) is 0 Å². The number of allylic oxidation sites excluding steroid dienone is 2. The van der Waals surface area contributed by atoms with Crippen molar-refractivity contribution in [1.82, 2.24) is 0 Å². The summed E-state index contributed by atoms with van der Waals surface area (Å²) in [6.45, 7) is 28.6. The Bertz CT molecular complexity index is 4500. The smallest absolute Gasteiger partial charge is 0.399 e. The molecule has 1 saturated carbocycles. The second-order valence-electron chi connectivity index (χ2n) is 28.2. The average molecular weight is 1120 g/mol. The standard InChI is InChI=1S/C74H72O6P2/c1-70(2,3)54-40-56(72(7,8)9)68(79-81-75-58-33-29-42-21-13-17-25-48(42)62(58)63-49-26-18-14-22-43(49)30-34-59(63)76-81)66-52(54)38-46-37-47-39-53-55(71(4,5)6)41-57(73(10,11)12)69(67(53)74(46,47)66)80-82-77-60-35-31-44-23-15-19-27-50(44)64(60)65-51-28-20-16-24-45(51)32-36-61(65)78-82/h13-36,40-41,46-47,56,68H,37-39H2,1-12H3/t46-,47-,56-,68-,74+/m0/s1. The third-order valence-electron chi connectivity index (χ3n) is 19.2. The lowest BCUT2D eigenvalue weighted by molar-refractivity contribution is 0.0577. The van der Waals surface area contributed by atoms with E-state index in [0.29, 0.717) is 11.8 Å². The number of rotatable bonds is 4. The maximum atomic E-state index is 8.02. The molecule has 0 unspecified atom stereocenters. The fourth-order valence-corrected chi connectivity index (χ4v) is 17.8. The predicted molar refractivity (Wildman–Crippen MR) is 342 cm³/mol. The zero-order valence-corrected chi connectivity index (χ0v) is 51.1. The number of benzene rings is 9. The number of hydrogen-bond donors (Lipinski definition) is 0. The van der Waals surface area contributed by atoms with Crippen LogP contribution in [0, 0.1) is 28.6 Å². The van der Waals surface area contributed by atoms with Gasteiger partial charge < -0.3 is 21.3 Å². The normalized spacial score (nSPS) is 20.9. The second kappa shape index (κ2) is 18.0. The van der Waals surface area contributed by atoms with E-state index < -0.39 is 28.0 Å². The summed E-state index contributed by atoms with van der Waals surface area (Å²) in [6, 6.07) is 54.2. The third kappa shape index (κ3) is 7.76. The summed E-state index contributed by atoms with van der Waals surface area (Å²) in [6.07, 6.45) is 5.24. The minimum absolute atomic E-state index is 0.0307. The van der Waals surface area contributed by atoms with Gasteiger partial charge in [-0.15, -0.1) is 0 Å². The van der Waals surface area contributed by atoms with Gasteiger partial charge in [-0.25, -0.2) is 0 Å². The molecule has 9 aromatic carbocycles. The van der Waals surface area contributed by atoms with Gasteiger partial charge in [0.25, 0.3) is 0 Å². The van der Waals surface area contributed by atoms with Gasteiger partial charge in [0.2, 0.25) is 0 Å². The molecule has 0 saturated heterocycles. The fourth-order valence-electron chi connectivity index (χ4n) is 15.6. The number of fused-ring (bicyclic) bond motifs is 15. The molecule has 1 fully saturated rings. The van der Waals surface area contributed by atoms with Gasteiger partial charge in [0, 0.05) is 44.0 Å². The molecule has 0 radical (unpaired) electrons. The lowest BCUT2D eigenvalue weighted by Gasteiger charge is -2.54. The lowest BCUT2D eigenvalue weighted by atomic mass is 9.49. The highest BCUT2D eigenvalue weighted by molar-refractivity contribution is 7.32. The van der Waals surface area contributed by atoms with Crippen LogP contribution in [-0.4, -0.2) is 6.10 Å². The van der Waals surface area contributed by atoms with Gasteiger partial charge >= 0.3 is 16.5 Å². The third-order valence-corrected chi connectivity index (χ3v) is 21.3. The van der Waals surface area contributed by atoms with E-state index in [1.54, 1.807) is 0 Å². The van der Waals surface area contributed by atoms with Gasteiger partial charge in [-0.1, -0.05) is 217 Å². The van der Waals surface area contributed by atoms with Gasteiger partial charge in [-0.05, 0) is 148 Å². The van der Waals surface area contributed by atoms with Crippen molar-refractivity contribution in [2.75, 3.05) is 0 Å². The SMILES string of the molecule is CC(C)(C)C1=C[C@H](C(C)(C)C)[C@H](Op2oc3ccc4ccccc4c3c3c(ccc4ccccc43)o2)C2=C1C[C@@H]1C[C@H]3Cc4c(C(C)(C)C)cc(C(C)(C)C)c(Op5oc6ccc7ccccc7c6c6c(ccc7ccccc76)o5)c4[C@]213. The molecule has 2 aromatic heterocycles. The number of hydrogen-bond acceptors (Lipinski definition) is 6. The molecule has 414 valence electrons. The first kappa shape index (κ1) is 51.9. The van der Waals surface area contributed by atoms with Crippen LogP contribution in [0.3, 0.4) is 0 Å². The molecule has 0 amide bonds. The molecular weight excluding hydrogens is 1050 g/mol. The molecule has 4 aliphatic rings. The van der Waals surface area contributed by atoms with Gasteiger partial charge in [-0.2, -0.15) is 0 Å². The molecular formula is C74H72O6P2. The van der Waals surface area contributed by atoms with Gasteiger partial charge in [0.05, 0.1) is 0 Å². The summed E-state index contributed by atoms with van der Waals surface area (Å²) in [5.74, 6) is 1.50. The summed E-state index contributed by atoms with van der Waals surface area (Å²) < 4.78 is 45.3. The van der Waals surface area contributed by atoms with Gasteiger partial charge in [0.1, 0.15) is 34.2 Å². The minimum atomic E-state index is -2.07. The van der Waals surface area contributed by atoms with Crippen molar-refractivity contribution < 1.29 is 25.8 Å². The van der Waals surface area contributed by atoms with Crippen molar-refractivity contribution in [3.63, 3.8) is 0 Å². The molecule has 6 nitrogen and oxygen atoms in total. The Balaban J connectivity index is 1.01. The van der Waals surface area contributed by atoms with E-state index in [0.717, 1.165) is 112 Å².